The first-order valence-corrected chi connectivity index (χ1v) is 5.67. The number of nitrogens with zero attached hydrogens (tertiary/aromatic N) is 1. The van der Waals surface area contributed by atoms with Gasteiger partial charge in [-0.3, -0.25) is 4.79 Å². The zero-order valence-corrected chi connectivity index (χ0v) is 9.12. The molecule has 0 radical (unpaired) electrons. The van der Waals surface area contributed by atoms with Crippen LogP contribution in [0.25, 0.3) is 0 Å². The summed E-state index contributed by atoms with van der Waals surface area (Å²) in [6.45, 7) is 4.24. The maximum Gasteiger partial charge on any atom is 0.239 e. The lowest BCUT2D eigenvalue weighted by Crippen LogP contribution is -2.49. The first-order chi connectivity index (χ1) is 6.68. The van der Waals surface area contributed by atoms with Crippen LogP contribution in [0.3, 0.4) is 0 Å². The van der Waals surface area contributed by atoms with Crippen LogP contribution in [0.15, 0.2) is 0 Å². The van der Waals surface area contributed by atoms with Crippen LogP contribution in [0.4, 0.5) is 0 Å². The molecule has 0 aromatic rings. The second-order valence-electron chi connectivity index (χ2n) is 4.84. The number of piperidine rings is 1. The summed E-state index contributed by atoms with van der Waals surface area (Å²) in [5.41, 5.74) is 0. The average Bonchev–Trinajstić information content (AvgIpc) is 2.85. The molecule has 3 unspecified atom stereocenters. The van der Waals surface area contributed by atoms with Crippen molar-refractivity contribution in [3.63, 3.8) is 0 Å². The van der Waals surface area contributed by atoms with Crippen molar-refractivity contribution in [2.75, 3.05) is 20.1 Å². The first kappa shape index (κ1) is 9.97. The Bertz CT molecular complexity index is 229. The van der Waals surface area contributed by atoms with E-state index in [4.69, 9.17) is 0 Å². The summed E-state index contributed by atoms with van der Waals surface area (Å²) in [5.74, 6) is 1.98. The predicted octanol–water partition coefficient (Wildman–Crippen LogP) is 0.853. The smallest absolute Gasteiger partial charge is 0.239 e. The average molecular weight is 196 g/mol. The van der Waals surface area contributed by atoms with E-state index in [2.05, 4.69) is 12.2 Å². The molecule has 2 rings (SSSR count). The van der Waals surface area contributed by atoms with Gasteiger partial charge in [-0.2, -0.15) is 0 Å². The minimum atomic E-state index is 0.0987. The Morgan fingerprint density at radius 2 is 2.29 bits per heavy atom. The van der Waals surface area contributed by atoms with Crippen molar-refractivity contribution >= 4 is 5.91 Å². The van der Waals surface area contributed by atoms with Gasteiger partial charge in [0.2, 0.25) is 5.91 Å². The Morgan fingerprint density at radius 1 is 1.57 bits per heavy atom. The molecule has 3 atom stereocenters. The molecule has 0 bridgehead atoms. The Kier molecular flexibility index (Phi) is 2.77. The van der Waals surface area contributed by atoms with Gasteiger partial charge in [-0.05, 0) is 37.6 Å². The van der Waals surface area contributed by atoms with E-state index >= 15 is 0 Å². The lowest BCUT2D eigenvalue weighted by Gasteiger charge is -2.29. The van der Waals surface area contributed by atoms with Crippen molar-refractivity contribution in [2.24, 2.45) is 11.8 Å². The largest absolute Gasteiger partial charge is 0.344 e. The number of rotatable bonds is 3. The maximum absolute atomic E-state index is 11.7. The van der Waals surface area contributed by atoms with E-state index in [0.29, 0.717) is 0 Å². The molecule has 0 spiro atoms. The van der Waals surface area contributed by atoms with Crippen LogP contribution in [0.1, 0.15) is 26.2 Å². The molecule has 0 aromatic carbocycles. The Morgan fingerprint density at radius 3 is 2.93 bits per heavy atom. The lowest BCUT2D eigenvalue weighted by molar-refractivity contribution is -0.134. The van der Waals surface area contributed by atoms with Gasteiger partial charge >= 0.3 is 0 Å². The third kappa shape index (κ3) is 2.08. The van der Waals surface area contributed by atoms with Gasteiger partial charge in [-0.1, -0.05) is 6.92 Å². The number of carbonyl (C=O) groups excluding carboxylic acids is 1. The molecule has 2 aliphatic rings. The maximum atomic E-state index is 11.7. The molecule has 0 aromatic heterocycles. The second-order valence-corrected chi connectivity index (χ2v) is 4.84. The minimum absolute atomic E-state index is 0.0987. The quantitative estimate of drug-likeness (QED) is 0.726. The zero-order chi connectivity index (χ0) is 10.1. The number of likely N-dealkylation sites (N-methyl/N-ethyl adjacent to an activating group) is 1. The van der Waals surface area contributed by atoms with Crippen LogP contribution in [0.5, 0.6) is 0 Å². The van der Waals surface area contributed by atoms with Gasteiger partial charge in [-0.25, -0.2) is 0 Å². The fraction of sp³-hybridized carbons (Fsp3) is 0.909. The molecule has 80 valence electrons. The van der Waals surface area contributed by atoms with Gasteiger partial charge in [-0.15, -0.1) is 0 Å². The normalized spacial score (nSPS) is 37.4. The monoisotopic (exact) mass is 196 g/mol. The summed E-state index contributed by atoms with van der Waals surface area (Å²) in [7, 11) is 1.90. The topological polar surface area (TPSA) is 32.3 Å². The Labute approximate surface area is 85.8 Å². The highest BCUT2D eigenvalue weighted by Gasteiger charge is 2.34. The fourth-order valence-electron chi connectivity index (χ4n) is 2.20. The van der Waals surface area contributed by atoms with Crippen molar-refractivity contribution in [1.29, 1.82) is 0 Å². The van der Waals surface area contributed by atoms with Crippen molar-refractivity contribution in [3.8, 4) is 0 Å². The SMILES string of the molecule is CC1CC1CNC1CCCN(C)C1=O. The van der Waals surface area contributed by atoms with Gasteiger partial charge in [0, 0.05) is 13.6 Å². The van der Waals surface area contributed by atoms with E-state index < -0.39 is 0 Å². The van der Waals surface area contributed by atoms with Crippen LogP contribution in [-0.4, -0.2) is 37.0 Å². The lowest BCUT2D eigenvalue weighted by atomic mass is 10.1. The molecule has 1 aliphatic heterocycles. The molecule has 14 heavy (non-hydrogen) atoms. The van der Waals surface area contributed by atoms with Crippen LogP contribution in [-0.2, 0) is 4.79 Å². The van der Waals surface area contributed by atoms with Crippen molar-refractivity contribution in [3.05, 3.63) is 0 Å². The van der Waals surface area contributed by atoms with E-state index in [9.17, 15) is 4.79 Å². The first-order valence-electron chi connectivity index (χ1n) is 5.67. The van der Waals surface area contributed by atoms with Gasteiger partial charge in [0.05, 0.1) is 6.04 Å². The number of hydrogen-bond donors (Lipinski definition) is 1. The number of hydrogen-bond acceptors (Lipinski definition) is 2. The highest BCUT2D eigenvalue weighted by atomic mass is 16.2. The van der Waals surface area contributed by atoms with Gasteiger partial charge in [0.1, 0.15) is 0 Å². The molecule has 1 amide bonds. The second kappa shape index (κ2) is 3.89. The molecular formula is C11H20N2O. The summed E-state index contributed by atoms with van der Waals surface area (Å²) in [4.78, 5) is 13.5. The molecule has 1 aliphatic carbocycles. The van der Waals surface area contributed by atoms with Crippen molar-refractivity contribution < 1.29 is 4.79 Å². The minimum Gasteiger partial charge on any atom is -0.344 e. The van der Waals surface area contributed by atoms with Crippen LogP contribution < -0.4 is 5.32 Å². The molecule has 3 nitrogen and oxygen atoms in total. The molecule has 1 N–H and O–H groups in total. The van der Waals surface area contributed by atoms with E-state index in [1.54, 1.807) is 0 Å². The van der Waals surface area contributed by atoms with Crippen molar-refractivity contribution in [1.82, 2.24) is 10.2 Å². The number of likely N-dealkylation sites (tertiary alicyclic amines) is 1. The summed E-state index contributed by atoms with van der Waals surface area (Å²) < 4.78 is 0. The molecule has 1 saturated carbocycles. The van der Waals surface area contributed by atoms with Crippen molar-refractivity contribution in [2.45, 2.75) is 32.2 Å². The summed E-state index contributed by atoms with van der Waals surface area (Å²) in [6.07, 6.45) is 3.49. The Hall–Kier alpha value is -0.570. The van der Waals surface area contributed by atoms with E-state index in [1.807, 2.05) is 11.9 Å². The summed E-state index contributed by atoms with van der Waals surface area (Å²) in [6, 6.07) is 0.0987. The third-order valence-corrected chi connectivity index (χ3v) is 3.56. The number of carbonyl (C=O) groups is 1. The zero-order valence-electron chi connectivity index (χ0n) is 9.12. The summed E-state index contributed by atoms with van der Waals surface area (Å²) in [5, 5.41) is 3.40. The van der Waals surface area contributed by atoms with Crippen LogP contribution >= 0.6 is 0 Å². The van der Waals surface area contributed by atoms with Gasteiger partial charge in [0.25, 0.3) is 0 Å². The number of nitrogens with one attached hydrogen (secondary N) is 1. The standard InChI is InChI=1S/C11H20N2O/c1-8-6-9(8)7-12-10-4-3-5-13(2)11(10)14/h8-10,12H,3-7H2,1-2H3. The fourth-order valence-corrected chi connectivity index (χ4v) is 2.20. The predicted molar refractivity (Wildman–Crippen MR) is 55.9 cm³/mol. The number of amides is 1. The van der Waals surface area contributed by atoms with E-state index in [-0.39, 0.29) is 11.9 Å². The highest BCUT2D eigenvalue weighted by Crippen LogP contribution is 2.36. The molecule has 1 saturated heterocycles. The molecule has 1 heterocycles. The van der Waals surface area contributed by atoms with E-state index in [1.165, 1.54) is 6.42 Å². The van der Waals surface area contributed by atoms with E-state index in [0.717, 1.165) is 37.8 Å². The van der Waals surface area contributed by atoms with Crippen LogP contribution in [0.2, 0.25) is 0 Å². The third-order valence-electron chi connectivity index (χ3n) is 3.56. The Balaban J connectivity index is 1.76. The molecule has 3 heteroatoms. The molecular weight excluding hydrogens is 176 g/mol. The molecule has 2 fully saturated rings. The summed E-state index contributed by atoms with van der Waals surface area (Å²) >= 11 is 0. The van der Waals surface area contributed by atoms with Crippen LogP contribution in [0, 0.1) is 11.8 Å². The highest BCUT2D eigenvalue weighted by molar-refractivity contribution is 5.82. The van der Waals surface area contributed by atoms with Gasteiger partial charge < -0.3 is 10.2 Å². The van der Waals surface area contributed by atoms with Gasteiger partial charge in [0.15, 0.2) is 0 Å².